The number of hydrogen-bond acceptors (Lipinski definition) is 8. The van der Waals surface area contributed by atoms with Gasteiger partial charge in [-0.05, 0) is 24.7 Å². The number of benzene rings is 2. The zero-order valence-corrected chi connectivity index (χ0v) is 19.2. The summed E-state index contributed by atoms with van der Waals surface area (Å²) in [6, 6.07) is 9.87. The maximum Gasteiger partial charge on any atom is 0.270 e. The molecule has 1 aromatic heterocycles. The molecule has 2 aromatic carbocycles. The van der Waals surface area contributed by atoms with Crippen molar-refractivity contribution in [3.8, 4) is 11.5 Å². The highest BCUT2D eigenvalue weighted by Crippen LogP contribution is 2.39. The van der Waals surface area contributed by atoms with E-state index in [1.165, 1.54) is 29.5 Å². The number of hydrogen-bond donors (Lipinski definition) is 0. The molecule has 0 radical (unpaired) electrons. The second kappa shape index (κ2) is 9.97. The molecule has 10 heteroatoms. The van der Waals surface area contributed by atoms with Gasteiger partial charge in [-0.3, -0.25) is 19.8 Å². The zero-order valence-electron chi connectivity index (χ0n) is 18.4. The Hall–Kier alpha value is -3.50. The van der Waals surface area contributed by atoms with E-state index in [1.54, 1.807) is 23.1 Å². The summed E-state index contributed by atoms with van der Waals surface area (Å²) in [5.74, 6) is 1.07. The van der Waals surface area contributed by atoms with Crippen LogP contribution in [0, 0.1) is 10.1 Å². The van der Waals surface area contributed by atoms with Crippen LogP contribution in [-0.2, 0) is 4.79 Å². The maximum atomic E-state index is 13.2. The van der Waals surface area contributed by atoms with Crippen LogP contribution in [0.5, 0.6) is 11.5 Å². The van der Waals surface area contributed by atoms with Gasteiger partial charge in [0.2, 0.25) is 6.79 Å². The Morgan fingerprint density at radius 2 is 1.94 bits per heavy atom. The molecule has 0 bridgehead atoms. The number of amides is 1. The van der Waals surface area contributed by atoms with Crippen LogP contribution in [-0.4, -0.2) is 53.7 Å². The Balaban J connectivity index is 1.61. The van der Waals surface area contributed by atoms with E-state index in [0.29, 0.717) is 35.3 Å². The van der Waals surface area contributed by atoms with E-state index >= 15 is 0 Å². The second-order valence-electron chi connectivity index (χ2n) is 7.37. The number of thiazole rings is 1. The molecule has 2 heterocycles. The molecule has 172 valence electrons. The minimum absolute atomic E-state index is 0.0216. The van der Waals surface area contributed by atoms with Crippen LogP contribution in [0.3, 0.4) is 0 Å². The van der Waals surface area contributed by atoms with Crippen LogP contribution in [0.4, 0.5) is 10.8 Å². The van der Waals surface area contributed by atoms with E-state index in [4.69, 9.17) is 9.47 Å². The van der Waals surface area contributed by atoms with Gasteiger partial charge < -0.3 is 14.4 Å². The van der Waals surface area contributed by atoms with Crippen molar-refractivity contribution in [3.63, 3.8) is 0 Å². The molecule has 0 saturated heterocycles. The monoisotopic (exact) mass is 468 g/mol. The Labute approximate surface area is 195 Å². The number of nitrogens with zero attached hydrogens (tertiary/aromatic N) is 4. The summed E-state index contributed by atoms with van der Waals surface area (Å²) in [6.45, 7) is 7.27. The summed E-state index contributed by atoms with van der Waals surface area (Å²) in [5, 5.41) is 11.6. The number of anilines is 1. The third kappa shape index (κ3) is 5.12. The van der Waals surface area contributed by atoms with Gasteiger partial charge in [-0.15, -0.1) is 0 Å². The predicted molar refractivity (Wildman–Crippen MR) is 128 cm³/mol. The molecule has 9 nitrogen and oxygen atoms in total. The molecule has 1 aliphatic heterocycles. The molecule has 33 heavy (non-hydrogen) atoms. The van der Waals surface area contributed by atoms with E-state index in [2.05, 4.69) is 23.7 Å². The normalized spacial score (nSPS) is 12.7. The number of likely N-dealkylation sites (N-methyl/N-ethyl adjacent to an activating group) is 1. The fourth-order valence-electron chi connectivity index (χ4n) is 3.50. The van der Waals surface area contributed by atoms with Gasteiger partial charge in [-0.25, -0.2) is 4.98 Å². The molecule has 0 spiro atoms. The van der Waals surface area contributed by atoms with Gasteiger partial charge in [0.25, 0.3) is 11.6 Å². The van der Waals surface area contributed by atoms with Gasteiger partial charge in [-0.2, -0.15) is 0 Å². The van der Waals surface area contributed by atoms with Crippen molar-refractivity contribution in [2.45, 2.75) is 13.8 Å². The third-order valence-corrected chi connectivity index (χ3v) is 6.44. The van der Waals surface area contributed by atoms with Crippen molar-refractivity contribution >= 4 is 44.4 Å². The SMILES string of the molecule is CCN(CC)CCN(C(=O)/C=C/c1cccc([N+](=O)[O-])c1)c1nc2cc3c(cc2s1)OCO3. The molecule has 1 aliphatic rings. The highest BCUT2D eigenvalue weighted by Gasteiger charge is 2.21. The first-order chi connectivity index (χ1) is 16.0. The fourth-order valence-corrected chi connectivity index (χ4v) is 4.51. The molecular formula is C23H24N4O5S. The van der Waals surface area contributed by atoms with Crippen molar-refractivity contribution in [1.29, 1.82) is 0 Å². The smallest absolute Gasteiger partial charge is 0.270 e. The average molecular weight is 469 g/mol. The first-order valence-corrected chi connectivity index (χ1v) is 11.5. The van der Waals surface area contributed by atoms with Gasteiger partial charge in [0.05, 0.1) is 15.1 Å². The Bertz CT molecular complexity index is 1160. The van der Waals surface area contributed by atoms with Crippen LogP contribution in [0.15, 0.2) is 42.5 Å². The van der Waals surface area contributed by atoms with Gasteiger partial charge in [-0.1, -0.05) is 37.3 Å². The predicted octanol–water partition coefficient (Wildman–Crippen LogP) is 4.32. The average Bonchev–Trinajstić information content (AvgIpc) is 3.44. The van der Waals surface area contributed by atoms with E-state index in [-0.39, 0.29) is 18.4 Å². The molecular weight excluding hydrogens is 444 g/mol. The van der Waals surface area contributed by atoms with Crippen molar-refractivity contribution < 1.29 is 19.2 Å². The molecule has 3 aromatic rings. The highest BCUT2D eigenvalue weighted by molar-refractivity contribution is 7.22. The first kappa shape index (κ1) is 22.7. The minimum Gasteiger partial charge on any atom is -0.454 e. The topological polar surface area (TPSA) is 98.0 Å². The summed E-state index contributed by atoms with van der Waals surface area (Å²) in [6.07, 6.45) is 3.02. The third-order valence-electron chi connectivity index (χ3n) is 5.40. The number of non-ortho nitro benzene ring substituents is 1. The Morgan fingerprint density at radius 3 is 2.67 bits per heavy atom. The van der Waals surface area contributed by atoms with Crippen molar-refractivity contribution in [2.24, 2.45) is 0 Å². The lowest BCUT2D eigenvalue weighted by molar-refractivity contribution is -0.384. The highest BCUT2D eigenvalue weighted by atomic mass is 32.1. The number of rotatable bonds is 9. The molecule has 0 fully saturated rings. The molecule has 0 saturated carbocycles. The summed E-state index contributed by atoms with van der Waals surface area (Å²) >= 11 is 1.41. The van der Waals surface area contributed by atoms with Crippen LogP contribution in [0.1, 0.15) is 19.4 Å². The minimum atomic E-state index is -0.457. The lowest BCUT2D eigenvalue weighted by Crippen LogP contribution is -2.38. The lowest BCUT2D eigenvalue weighted by Gasteiger charge is -2.23. The number of nitro groups is 1. The zero-order chi connectivity index (χ0) is 23.4. The molecule has 1 amide bonds. The van der Waals surface area contributed by atoms with E-state index in [1.807, 2.05) is 12.1 Å². The van der Waals surface area contributed by atoms with Crippen LogP contribution < -0.4 is 14.4 Å². The molecule has 0 unspecified atom stereocenters. The maximum absolute atomic E-state index is 13.2. The van der Waals surface area contributed by atoms with Gasteiger partial charge in [0, 0.05) is 43.4 Å². The Morgan fingerprint density at radius 1 is 1.18 bits per heavy atom. The lowest BCUT2D eigenvalue weighted by atomic mass is 10.2. The number of aromatic nitrogens is 1. The van der Waals surface area contributed by atoms with Crippen molar-refractivity contribution in [3.05, 3.63) is 58.2 Å². The van der Waals surface area contributed by atoms with Crippen LogP contribution in [0.25, 0.3) is 16.3 Å². The van der Waals surface area contributed by atoms with E-state index in [9.17, 15) is 14.9 Å². The largest absolute Gasteiger partial charge is 0.454 e. The van der Waals surface area contributed by atoms with Crippen molar-refractivity contribution in [1.82, 2.24) is 9.88 Å². The van der Waals surface area contributed by atoms with Crippen LogP contribution in [0.2, 0.25) is 0 Å². The van der Waals surface area contributed by atoms with Gasteiger partial charge >= 0.3 is 0 Å². The molecule has 4 rings (SSSR count). The first-order valence-electron chi connectivity index (χ1n) is 10.6. The van der Waals surface area contributed by atoms with E-state index < -0.39 is 4.92 Å². The number of nitro benzene ring substituents is 1. The number of carbonyl (C=O) groups excluding carboxylic acids is 1. The molecule has 0 atom stereocenters. The quantitative estimate of drug-likeness (QED) is 0.262. The molecule has 0 N–H and O–H groups in total. The number of fused-ring (bicyclic) bond motifs is 2. The number of ether oxygens (including phenoxy) is 2. The van der Waals surface area contributed by atoms with Crippen LogP contribution >= 0.6 is 11.3 Å². The fraction of sp³-hybridized carbons (Fsp3) is 0.304. The standard InChI is InChI=1S/C23H24N4O5S/c1-3-25(4-2)10-11-26(22(28)9-8-16-6-5-7-17(12-16)27(29)30)23-24-18-13-19-20(32-15-31-19)14-21(18)33-23/h5-9,12-14H,3-4,10-11,15H2,1-2H3/b9-8+. The summed E-state index contributed by atoms with van der Waals surface area (Å²) < 4.78 is 11.8. The van der Waals surface area contributed by atoms with E-state index in [0.717, 1.165) is 23.3 Å². The van der Waals surface area contributed by atoms with Gasteiger partial charge in [0.15, 0.2) is 16.6 Å². The van der Waals surface area contributed by atoms with Gasteiger partial charge in [0.1, 0.15) is 0 Å². The molecule has 0 aliphatic carbocycles. The van der Waals surface area contributed by atoms with Crippen molar-refractivity contribution in [2.75, 3.05) is 37.9 Å². The second-order valence-corrected chi connectivity index (χ2v) is 8.38. The summed E-state index contributed by atoms with van der Waals surface area (Å²) in [4.78, 5) is 32.3. The summed E-state index contributed by atoms with van der Waals surface area (Å²) in [5.41, 5.74) is 1.30. The number of carbonyl (C=O) groups is 1. The Kier molecular flexibility index (Phi) is 6.85. The summed E-state index contributed by atoms with van der Waals surface area (Å²) in [7, 11) is 0.